The van der Waals surface area contributed by atoms with Crippen LogP contribution >= 0.6 is 0 Å². The predicted molar refractivity (Wildman–Crippen MR) is 56.7 cm³/mol. The lowest BCUT2D eigenvalue weighted by Gasteiger charge is -2.31. The first-order valence-corrected chi connectivity index (χ1v) is 5.38. The predicted octanol–water partition coefficient (Wildman–Crippen LogP) is 3.40. The van der Waals surface area contributed by atoms with Crippen LogP contribution in [-0.2, 0) is 4.74 Å². The second-order valence-corrected chi connectivity index (χ2v) is 4.29. The maximum absolute atomic E-state index is 5.46. The largest absolute Gasteiger partial charge is 0.377 e. The van der Waals surface area contributed by atoms with Crippen LogP contribution in [0.1, 0.15) is 40.0 Å². The SMILES string of the molecule is CCC(C)C1CC=C(C)C(OC)C1. The van der Waals surface area contributed by atoms with Gasteiger partial charge in [-0.3, -0.25) is 0 Å². The number of rotatable bonds is 3. The fourth-order valence-electron chi connectivity index (χ4n) is 2.11. The van der Waals surface area contributed by atoms with Crippen molar-refractivity contribution in [2.24, 2.45) is 11.8 Å². The fourth-order valence-corrected chi connectivity index (χ4v) is 2.11. The Kier molecular flexibility index (Phi) is 3.98. The van der Waals surface area contributed by atoms with Gasteiger partial charge in [-0.2, -0.15) is 0 Å². The minimum absolute atomic E-state index is 0.382. The summed E-state index contributed by atoms with van der Waals surface area (Å²) in [7, 11) is 1.82. The molecule has 0 fully saturated rings. The molecule has 0 N–H and O–H groups in total. The molecule has 1 aliphatic carbocycles. The molecule has 3 unspecified atom stereocenters. The first-order chi connectivity index (χ1) is 6.19. The topological polar surface area (TPSA) is 9.23 Å². The zero-order chi connectivity index (χ0) is 9.84. The average Bonchev–Trinajstić information content (AvgIpc) is 2.17. The minimum atomic E-state index is 0.382. The number of hydrogen-bond donors (Lipinski definition) is 0. The molecule has 0 aromatic rings. The van der Waals surface area contributed by atoms with Crippen LogP contribution in [0.15, 0.2) is 11.6 Å². The van der Waals surface area contributed by atoms with Gasteiger partial charge in [0.15, 0.2) is 0 Å². The highest BCUT2D eigenvalue weighted by Gasteiger charge is 2.24. The normalized spacial score (nSPS) is 31.2. The Morgan fingerprint density at radius 2 is 2.31 bits per heavy atom. The van der Waals surface area contributed by atoms with Crippen LogP contribution in [0.5, 0.6) is 0 Å². The molecule has 76 valence electrons. The third-order valence-electron chi connectivity index (χ3n) is 3.50. The summed E-state index contributed by atoms with van der Waals surface area (Å²) >= 11 is 0. The van der Waals surface area contributed by atoms with Gasteiger partial charge in [-0.15, -0.1) is 0 Å². The summed E-state index contributed by atoms with van der Waals surface area (Å²) in [5, 5.41) is 0. The molecule has 0 heterocycles. The highest BCUT2D eigenvalue weighted by molar-refractivity contribution is 5.10. The molecule has 13 heavy (non-hydrogen) atoms. The molecular weight excluding hydrogens is 160 g/mol. The van der Waals surface area contributed by atoms with E-state index in [0.29, 0.717) is 6.10 Å². The number of ether oxygens (including phenoxy) is 1. The van der Waals surface area contributed by atoms with E-state index in [-0.39, 0.29) is 0 Å². The standard InChI is InChI=1S/C12H22O/c1-5-9(2)11-7-6-10(3)12(8-11)13-4/h6,9,11-12H,5,7-8H2,1-4H3. The molecule has 0 radical (unpaired) electrons. The van der Waals surface area contributed by atoms with Crippen molar-refractivity contribution in [2.75, 3.05) is 7.11 Å². The summed E-state index contributed by atoms with van der Waals surface area (Å²) in [6.45, 7) is 6.81. The molecule has 0 bridgehead atoms. The van der Waals surface area contributed by atoms with Gasteiger partial charge in [-0.05, 0) is 37.2 Å². The molecule has 1 aliphatic rings. The van der Waals surface area contributed by atoms with Crippen molar-refractivity contribution in [2.45, 2.75) is 46.1 Å². The Balaban J connectivity index is 2.56. The smallest absolute Gasteiger partial charge is 0.0781 e. The van der Waals surface area contributed by atoms with E-state index in [1.54, 1.807) is 0 Å². The lowest BCUT2D eigenvalue weighted by Crippen LogP contribution is -2.25. The van der Waals surface area contributed by atoms with Gasteiger partial charge < -0.3 is 4.74 Å². The molecule has 0 saturated heterocycles. The van der Waals surface area contributed by atoms with E-state index in [4.69, 9.17) is 4.74 Å². The Bertz CT molecular complexity index is 184. The molecular formula is C12H22O. The monoisotopic (exact) mass is 182 g/mol. The van der Waals surface area contributed by atoms with Crippen molar-refractivity contribution < 1.29 is 4.74 Å². The van der Waals surface area contributed by atoms with Crippen molar-refractivity contribution in [3.8, 4) is 0 Å². The first kappa shape index (κ1) is 10.8. The third kappa shape index (κ3) is 2.57. The molecule has 0 aromatic carbocycles. The highest BCUT2D eigenvalue weighted by atomic mass is 16.5. The Morgan fingerprint density at radius 1 is 1.62 bits per heavy atom. The lowest BCUT2D eigenvalue weighted by molar-refractivity contribution is 0.0896. The van der Waals surface area contributed by atoms with Crippen LogP contribution in [0.4, 0.5) is 0 Å². The lowest BCUT2D eigenvalue weighted by atomic mass is 9.79. The summed E-state index contributed by atoms with van der Waals surface area (Å²) in [5.74, 6) is 1.67. The second-order valence-electron chi connectivity index (χ2n) is 4.29. The van der Waals surface area contributed by atoms with E-state index in [9.17, 15) is 0 Å². The van der Waals surface area contributed by atoms with Crippen LogP contribution in [0.25, 0.3) is 0 Å². The maximum Gasteiger partial charge on any atom is 0.0781 e. The van der Waals surface area contributed by atoms with Crippen molar-refractivity contribution in [3.05, 3.63) is 11.6 Å². The van der Waals surface area contributed by atoms with Gasteiger partial charge in [0.05, 0.1) is 6.10 Å². The summed E-state index contributed by atoms with van der Waals surface area (Å²) in [4.78, 5) is 0. The van der Waals surface area contributed by atoms with Crippen LogP contribution in [0, 0.1) is 11.8 Å². The summed E-state index contributed by atoms with van der Waals surface area (Å²) in [5.41, 5.74) is 1.42. The highest BCUT2D eigenvalue weighted by Crippen LogP contribution is 2.32. The van der Waals surface area contributed by atoms with E-state index in [0.717, 1.165) is 11.8 Å². The fraction of sp³-hybridized carbons (Fsp3) is 0.833. The van der Waals surface area contributed by atoms with E-state index in [2.05, 4.69) is 26.8 Å². The molecule has 1 rings (SSSR count). The molecule has 0 aliphatic heterocycles. The Morgan fingerprint density at radius 3 is 2.85 bits per heavy atom. The quantitative estimate of drug-likeness (QED) is 0.608. The van der Waals surface area contributed by atoms with Gasteiger partial charge in [-0.1, -0.05) is 26.3 Å². The van der Waals surface area contributed by atoms with Crippen molar-refractivity contribution >= 4 is 0 Å². The zero-order valence-electron chi connectivity index (χ0n) is 9.34. The summed E-state index contributed by atoms with van der Waals surface area (Å²) in [6, 6.07) is 0. The van der Waals surface area contributed by atoms with Gasteiger partial charge in [0.2, 0.25) is 0 Å². The van der Waals surface area contributed by atoms with Crippen molar-refractivity contribution in [1.29, 1.82) is 0 Å². The molecule has 1 heteroatoms. The molecule has 1 nitrogen and oxygen atoms in total. The summed E-state index contributed by atoms with van der Waals surface area (Å²) in [6.07, 6.45) is 6.49. The molecule has 3 atom stereocenters. The van der Waals surface area contributed by atoms with E-state index >= 15 is 0 Å². The van der Waals surface area contributed by atoms with E-state index in [1.807, 2.05) is 7.11 Å². The number of allylic oxidation sites excluding steroid dienone is 1. The van der Waals surface area contributed by atoms with E-state index in [1.165, 1.54) is 24.8 Å². The third-order valence-corrected chi connectivity index (χ3v) is 3.50. The summed E-state index contributed by atoms with van der Waals surface area (Å²) < 4.78 is 5.46. The Labute approximate surface area is 82.2 Å². The van der Waals surface area contributed by atoms with Gasteiger partial charge in [-0.25, -0.2) is 0 Å². The van der Waals surface area contributed by atoms with Crippen molar-refractivity contribution in [3.63, 3.8) is 0 Å². The van der Waals surface area contributed by atoms with Gasteiger partial charge in [0, 0.05) is 7.11 Å². The zero-order valence-corrected chi connectivity index (χ0v) is 9.34. The van der Waals surface area contributed by atoms with Crippen LogP contribution in [-0.4, -0.2) is 13.2 Å². The number of methoxy groups -OCH3 is 1. The average molecular weight is 182 g/mol. The number of hydrogen-bond acceptors (Lipinski definition) is 1. The van der Waals surface area contributed by atoms with Crippen LogP contribution in [0.3, 0.4) is 0 Å². The van der Waals surface area contributed by atoms with Crippen molar-refractivity contribution in [1.82, 2.24) is 0 Å². The van der Waals surface area contributed by atoms with Gasteiger partial charge in [0.25, 0.3) is 0 Å². The Hall–Kier alpha value is -0.300. The first-order valence-electron chi connectivity index (χ1n) is 5.38. The van der Waals surface area contributed by atoms with Crippen LogP contribution < -0.4 is 0 Å². The minimum Gasteiger partial charge on any atom is -0.377 e. The molecule has 0 spiro atoms. The van der Waals surface area contributed by atoms with E-state index < -0.39 is 0 Å². The molecule has 0 amide bonds. The second kappa shape index (κ2) is 4.80. The molecule has 0 saturated carbocycles. The maximum atomic E-state index is 5.46. The van der Waals surface area contributed by atoms with Crippen LogP contribution in [0.2, 0.25) is 0 Å². The molecule has 0 aromatic heterocycles. The van der Waals surface area contributed by atoms with Gasteiger partial charge in [0.1, 0.15) is 0 Å². The van der Waals surface area contributed by atoms with Gasteiger partial charge >= 0.3 is 0 Å².